The Hall–Kier alpha value is -2.26. The smallest absolute Gasteiger partial charge is 0.235 e. The number of nitriles is 1. The highest BCUT2D eigenvalue weighted by Gasteiger charge is 2.06. The van der Waals surface area contributed by atoms with Crippen molar-refractivity contribution in [2.75, 3.05) is 0 Å². The van der Waals surface area contributed by atoms with Crippen LogP contribution in [0.15, 0.2) is 24.8 Å². The maximum atomic E-state index is 8.87. The van der Waals surface area contributed by atoms with Crippen LogP contribution in [0.3, 0.4) is 0 Å². The second kappa shape index (κ2) is 5.38. The lowest BCUT2D eigenvalue weighted by Crippen LogP contribution is -2.22. The van der Waals surface area contributed by atoms with Gasteiger partial charge in [0.2, 0.25) is 11.8 Å². The Morgan fingerprint density at radius 2 is 2.06 bits per heavy atom. The molecular weight excluding hydrogens is 228 g/mol. The minimum absolute atomic E-state index is 0.281. The van der Waals surface area contributed by atoms with E-state index in [1.807, 2.05) is 6.07 Å². The van der Waals surface area contributed by atoms with E-state index in [1.165, 1.54) is 0 Å². The van der Waals surface area contributed by atoms with Crippen LogP contribution in [0.2, 0.25) is 0 Å². The van der Waals surface area contributed by atoms with Crippen molar-refractivity contribution in [3.05, 3.63) is 36.2 Å². The SMILES string of the molecule is CC(C)NCc1cnc(-n2ccnc2C#N)nc1. The quantitative estimate of drug-likeness (QED) is 0.866. The van der Waals surface area contributed by atoms with Crippen LogP contribution in [-0.4, -0.2) is 25.6 Å². The van der Waals surface area contributed by atoms with Gasteiger partial charge in [0, 0.05) is 42.9 Å². The minimum Gasteiger partial charge on any atom is -0.310 e. The van der Waals surface area contributed by atoms with Crippen molar-refractivity contribution in [1.82, 2.24) is 24.8 Å². The molecule has 0 unspecified atom stereocenters. The fraction of sp³-hybridized carbons (Fsp3) is 0.333. The fourth-order valence-electron chi connectivity index (χ4n) is 1.43. The molecule has 2 rings (SSSR count). The molecule has 0 saturated carbocycles. The minimum atomic E-state index is 0.281. The van der Waals surface area contributed by atoms with Crippen LogP contribution in [-0.2, 0) is 6.54 Å². The molecular formula is C12H14N6. The third-order valence-electron chi connectivity index (χ3n) is 2.36. The molecule has 2 aromatic rings. The number of rotatable bonds is 4. The lowest BCUT2D eigenvalue weighted by atomic mass is 10.3. The molecule has 0 aromatic carbocycles. The van der Waals surface area contributed by atoms with E-state index in [1.54, 1.807) is 29.4 Å². The second-order valence-corrected chi connectivity index (χ2v) is 4.16. The van der Waals surface area contributed by atoms with E-state index >= 15 is 0 Å². The van der Waals surface area contributed by atoms with E-state index in [-0.39, 0.29) is 5.82 Å². The van der Waals surface area contributed by atoms with Crippen molar-refractivity contribution in [2.45, 2.75) is 26.4 Å². The maximum Gasteiger partial charge on any atom is 0.235 e. The van der Waals surface area contributed by atoms with Gasteiger partial charge in [-0.3, -0.25) is 4.57 Å². The Bertz CT molecular complexity index is 549. The first-order valence-electron chi connectivity index (χ1n) is 5.69. The first-order chi connectivity index (χ1) is 8.70. The average Bonchev–Trinajstić information content (AvgIpc) is 2.85. The topological polar surface area (TPSA) is 79.4 Å². The normalized spacial score (nSPS) is 10.6. The molecule has 0 atom stereocenters. The van der Waals surface area contributed by atoms with Crippen molar-refractivity contribution in [2.24, 2.45) is 0 Å². The first kappa shape index (κ1) is 12.2. The lowest BCUT2D eigenvalue weighted by molar-refractivity contribution is 0.586. The third-order valence-corrected chi connectivity index (χ3v) is 2.36. The van der Waals surface area contributed by atoms with Gasteiger partial charge in [0.25, 0.3) is 0 Å². The van der Waals surface area contributed by atoms with Gasteiger partial charge < -0.3 is 5.32 Å². The van der Waals surface area contributed by atoms with Crippen LogP contribution >= 0.6 is 0 Å². The molecule has 92 valence electrons. The molecule has 2 heterocycles. The van der Waals surface area contributed by atoms with E-state index in [0.29, 0.717) is 12.0 Å². The van der Waals surface area contributed by atoms with Crippen LogP contribution in [0.5, 0.6) is 0 Å². The largest absolute Gasteiger partial charge is 0.310 e. The standard InChI is InChI=1S/C12H14N6/c1-9(2)15-6-10-7-16-12(17-8-10)18-4-3-14-11(18)5-13/h3-4,7-9,15H,6H2,1-2H3. The van der Waals surface area contributed by atoms with Gasteiger partial charge in [-0.1, -0.05) is 13.8 Å². The van der Waals surface area contributed by atoms with E-state index in [4.69, 9.17) is 5.26 Å². The summed E-state index contributed by atoms with van der Waals surface area (Å²) in [5.74, 6) is 0.736. The van der Waals surface area contributed by atoms with Gasteiger partial charge in [0.1, 0.15) is 6.07 Å². The molecule has 0 amide bonds. The van der Waals surface area contributed by atoms with Crippen molar-refractivity contribution in [3.8, 4) is 12.0 Å². The first-order valence-corrected chi connectivity index (χ1v) is 5.69. The molecule has 0 saturated heterocycles. The van der Waals surface area contributed by atoms with Gasteiger partial charge in [-0.05, 0) is 0 Å². The highest BCUT2D eigenvalue weighted by molar-refractivity contribution is 5.23. The van der Waals surface area contributed by atoms with Crippen molar-refractivity contribution >= 4 is 0 Å². The summed E-state index contributed by atoms with van der Waals surface area (Å²) in [4.78, 5) is 12.4. The summed E-state index contributed by atoms with van der Waals surface area (Å²) in [5, 5.41) is 12.2. The third kappa shape index (κ3) is 2.70. The van der Waals surface area contributed by atoms with Crippen molar-refractivity contribution < 1.29 is 0 Å². The monoisotopic (exact) mass is 242 g/mol. The molecule has 0 fully saturated rings. The molecule has 0 aliphatic rings. The molecule has 0 radical (unpaired) electrons. The number of hydrogen-bond acceptors (Lipinski definition) is 5. The van der Waals surface area contributed by atoms with Gasteiger partial charge >= 0.3 is 0 Å². The predicted octanol–water partition coefficient (Wildman–Crippen LogP) is 1.03. The second-order valence-electron chi connectivity index (χ2n) is 4.16. The van der Waals surface area contributed by atoms with Crippen LogP contribution in [0, 0.1) is 11.3 Å². The highest BCUT2D eigenvalue weighted by Crippen LogP contribution is 2.05. The summed E-state index contributed by atoms with van der Waals surface area (Å²) >= 11 is 0. The summed E-state index contributed by atoms with van der Waals surface area (Å²) in [7, 11) is 0. The number of aromatic nitrogens is 4. The lowest BCUT2D eigenvalue weighted by Gasteiger charge is -2.08. The van der Waals surface area contributed by atoms with Crippen molar-refractivity contribution in [1.29, 1.82) is 5.26 Å². The molecule has 0 bridgehead atoms. The van der Waals surface area contributed by atoms with Crippen LogP contribution in [0.1, 0.15) is 25.2 Å². The number of imidazole rings is 1. The van der Waals surface area contributed by atoms with Gasteiger partial charge in [-0.25, -0.2) is 15.0 Å². The number of nitrogens with one attached hydrogen (secondary N) is 1. The zero-order valence-corrected chi connectivity index (χ0v) is 10.3. The average molecular weight is 242 g/mol. The Labute approximate surface area is 105 Å². The van der Waals surface area contributed by atoms with Crippen molar-refractivity contribution in [3.63, 3.8) is 0 Å². The molecule has 6 heteroatoms. The molecule has 1 N–H and O–H groups in total. The highest BCUT2D eigenvalue weighted by atomic mass is 15.2. The Morgan fingerprint density at radius 3 is 2.67 bits per heavy atom. The number of nitrogens with zero attached hydrogens (tertiary/aromatic N) is 5. The molecule has 0 spiro atoms. The molecule has 0 aliphatic carbocycles. The van der Waals surface area contributed by atoms with E-state index in [9.17, 15) is 0 Å². The van der Waals surface area contributed by atoms with Gasteiger partial charge in [0.05, 0.1) is 0 Å². The van der Waals surface area contributed by atoms with E-state index in [0.717, 1.165) is 12.1 Å². The van der Waals surface area contributed by atoms with Crippen LogP contribution in [0.25, 0.3) is 5.95 Å². The zero-order valence-electron chi connectivity index (χ0n) is 10.3. The number of hydrogen-bond donors (Lipinski definition) is 1. The Morgan fingerprint density at radius 1 is 1.33 bits per heavy atom. The van der Waals surface area contributed by atoms with Crippen LogP contribution < -0.4 is 5.32 Å². The van der Waals surface area contributed by atoms with E-state index in [2.05, 4.69) is 34.1 Å². The van der Waals surface area contributed by atoms with Crippen LogP contribution in [0.4, 0.5) is 0 Å². The van der Waals surface area contributed by atoms with Gasteiger partial charge in [-0.2, -0.15) is 5.26 Å². The summed E-state index contributed by atoms with van der Waals surface area (Å²) < 4.78 is 1.56. The molecule has 18 heavy (non-hydrogen) atoms. The Balaban J connectivity index is 2.15. The summed E-state index contributed by atoms with van der Waals surface area (Å²) in [6.07, 6.45) is 6.72. The predicted molar refractivity (Wildman–Crippen MR) is 65.8 cm³/mol. The molecule has 2 aromatic heterocycles. The van der Waals surface area contributed by atoms with Gasteiger partial charge in [-0.15, -0.1) is 0 Å². The summed E-state index contributed by atoms with van der Waals surface area (Å²) in [6.45, 7) is 4.90. The molecule has 0 aliphatic heterocycles. The fourth-order valence-corrected chi connectivity index (χ4v) is 1.43. The van der Waals surface area contributed by atoms with E-state index < -0.39 is 0 Å². The Kier molecular flexibility index (Phi) is 3.65. The van der Waals surface area contributed by atoms with Gasteiger partial charge in [0.15, 0.2) is 0 Å². The molecule has 6 nitrogen and oxygen atoms in total. The maximum absolute atomic E-state index is 8.87. The summed E-state index contributed by atoms with van der Waals surface area (Å²) in [6, 6.07) is 2.41. The zero-order chi connectivity index (χ0) is 13.0. The summed E-state index contributed by atoms with van der Waals surface area (Å²) in [5.41, 5.74) is 1.01.